The van der Waals surface area contributed by atoms with Crippen LogP contribution in [0.25, 0.3) is 0 Å². The molecule has 1 fully saturated rings. The van der Waals surface area contributed by atoms with Gasteiger partial charge in [0.2, 0.25) is 5.91 Å². The Morgan fingerprint density at radius 2 is 2.00 bits per heavy atom. The summed E-state index contributed by atoms with van der Waals surface area (Å²) in [5.41, 5.74) is 0. The molecule has 0 radical (unpaired) electrons. The molecule has 0 aromatic carbocycles. The Labute approximate surface area is 128 Å². The van der Waals surface area contributed by atoms with Crippen molar-refractivity contribution < 1.29 is 9.59 Å². The third-order valence-corrected chi connectivity index (χ3v) is 3.59. The molecule has 0 saturated carbocycles. The fourth-order valence-corrected chi connectivity index (χ4v) is 2.37. The Balaban J connectivity index is 2.33. The van der Waals surface area contributed by atoms with Gasteiger partial charge in [-0.2, -0.15) is 0 Å². The number of carbonyl (C=O) groups excluding carboxylic acids is 2. The molecular formula is C15H30N4O2. The summed E-state index contributed by atoms with van der Waals surface area (Å²) in [6.07, 6.45) is 1.75. The summed E-state index contributed by atoms with van der Waals surface area (Å²) in [6, 6.07) is -0.0474. The van der Waals surface area contributed by atoms with E-state index in [-0.39, 0.29) is 17.9 Å². The summed E-state index contributed by atoms with van der Waals surface area (Å²) < 4.78 is 0. The number of carbonyl (C=O) groups is 2. The summed E-state index contributed by atoms with van der Waals surface area (Å²) in [5, 5.41) is 9.03. The molecule has 0 spiro atoms. The maximum Gasteiger partial charge on any atom is 0.317 e. The average molecular weight is 298 g/mol. The molecule has 0 bridgehead atoms. The van der Waals surface area contributed by atoms with Crippen LogP contribution in [-0.2, 0) is 4.79 Å². The van der Waals surface area contributed by atoms with E-state index in [0.717, 1.165) is 32.5 Å². The van der Waals surface area contributed by atoms with E-state index in [0.29, 0.717) is 25.6 Å². The first-order valence-electron chi connectivity index (χ1n) is 8.05. The Morgan fingerprint density at radius 1 is 1.24 bits per heavy atom. The van der Waals surface area contributed by atoms with E-state index in [4.69, 9.17) is 0 Å². The molecule has 1 atom stereocenters. The number of hydrogen-bond acceptors (Lipinski definition) is 3. The van der Waals surface area contributed by atoms with Gasteiger partial charge in [0.05, 0.1) is 5.92 Å². The zero-order chi connectivity index (χ0) is 15.7. The summed E-state index contributed by atoms with van der Waals surface area (Å²) >= 11 is 0. The Morgan fingerprint density at radius 3 is 2.67 bits per heavy atom. The van der Waals surface area contributed by atoms with Crippen LogP contribution in [0.15, 0.2) is 0 Å². The molecule has 0 aliphatic carbocycles. The monoisotopic (exact) mass is 298 g/mol. The fourth-order valence-electron chi connectivity index (χ4n) is 2.37. The summed E-state index contributed by atoms with van der Waals surface area (Å²) in [5.74, 6) is 0.420. The van der Waals surface area contributed by atoms with Crippen molar-refractivity contribution in [2.75, 3.05) is 39.3 Å². The molecule has 122 valence electrons. The number of nitrogens with one attached hydrogen (secondary N) is 3. The minimum Gasteiger partial charge on any atom is -0.355 e. The van der Waals surface area contributed by atoms with Crippen molar-refractivity contribution >= 4 is 11.9 Å². The topological polar surface area (TPSA) is 73.5 Å². The maximum atomic E-state index is 12.1. The lowest BCUT2D eigenvalue weighted by Crippen LogP contribution is -2.49. The molecule has 3 N–H and O–H groups in total. The van der Waals surface area contributed by atoms with Crippen molar-refractivity contribution in [2.24, 2.45) is 11.8 Å². The van der Waals surface area contributed by atoms with E-state index in [1.54, 1.807) is 4.90 Å². The van der Waals surface area contributed by atoms with Crippen molar-refractivity contribution in [3.8, 4) is 0 Å². The van der Waals surface area contributed by atoms with E-state index in [1.165, 1.54) is 0 Å². The van der Waals surface area contributed by atoms with Crippen LogP contribution in [0.4, 0.5) is 4.79 Å². The number of rotatable bonds is 7. The van der Waals surface area contributed by atoms with Crippen LogP contribution < -0.4 is 16.0 Å². The second kappa shape index (κ2) is 9.60. The third kappa shape index (κ3) is 6.80. The molecule has 21 heavy (non-hydrogen) atoms. The van der Waals surface area contributed by atoms with Gasteiger partial charge >= 0.3 is 6.03 Å². The van der Waals surface area contributed by atoms with Gasteiger partial charge < -0.3 is 20.9 Å². The highest BCUT2D eigenvalue weighted by atomic mass is 16.2. The molecule has 1 saturated heterocycles. The Kier molecular flexibility index (Phi) is 8.12. The van der Waals surface area contributed by atoms with Gasteiger partial charge in [-0.15, -0.1) is 0 Å². The first kappa shape index (κ1) is 17.8. The molecular weight excluding hydrogens is 268 g/mol. The summed E-state index contributed by atoms with van der Waals surface area (Å²) in [6.45, 7) is 10.4. The molecule has 6 nitrogen and oxygen atoms in total. The van der Waals surface area contributed by atoms with E-state index in [9.17, 15) is 9.59 Å². The van der Waals surface area contributed by atoms with E-state index >= 15 is 0 Å². The first-order chi connectivity index (χ1) is 10.0. The van der Waals surface area contributed by atoms with E-state index < -0.39 is 0 Å². The largest absolute Gasteiger partial charge is 0.355 e. The minimum atomic E-state index is -0.0785. The molecule has 1 aliphatic rings. The molecule has 0 aromatic heterocycles. The van der Waals surface area contributed by atoms with Gasteiger partial charge in [0.25, 0.3) is 0 Å². The molecule has 1 unspecified atom stereocenters. The van der Waals surface area contributed by atoms with Gasteiger partial charge in [0.1, 0.15) is 0 Å². The van der Waals surface area contributed by atoms with Crippen LogP contribution in [0.3, 0.4) is 0 Å². The molecule has 1 rings (SSSR count). The van der Waals surface area contributed by atoms with Gasteiger partial charge in [0, 0.05) is 32.7 Å². The van der Waals surface area contributed by atoms with Gasteiger partial charge in [-0.3, -0.25) is 4.79 Å². The van der Waals surface area contributed by atoms with Crippen LogP contribution in [0.1, 0.15) is 33.6 Å². The standard InChI is InChI=1S/C15H30N4O2/c1-4-16-7-8-17-14(20)13-6-5-9-19(11-13)15(21)18-10-12(2)3/h12-13,16H,4-11H2,1-3H3,(H,17,20)(H,18,21). The molecule has 1 aliphatic heterocycles. The highest BCUT2D eigenvalue weighted by molar-refractivity contribution is 5.80. The predicted octanol–water partition coefficient (Wildman–Crippen LogP) is 0.790. The maximum absolute atomic E-state index is 12.1. The van der Waals surface area contributed by atoms with Crippen molar-refractivity contribution in [1.82, 2.24) is 20.9 Å². The number of hydrogen-bond donors (Lipinski definition) is 3. The Bertz CT molecular complexity index is 334. The SMILES string of the molecule is CCNCCNC(=O)C1CCCN(C(=O)NCC(C)C)C1. The van der Waals surface area contributed by atoms with Gasteiger partial charge in [0.15, 0.2) is 0 Å². The fraction of sp³-hybridized carbons (Fsp3) is 0.867. The van der Waals surface area contributed by atoms with Crippen LogP contribution in [0.5, 0.6) is 0 Å². The molecule has 0 aromatic rings. The summed E-state index contributed by atoms with van der Waals surface area (Å²) in [4.78, 5) is 25.9. The lowest BCUT2D eigenvalue weighted by molar-refractivity contribution is -0.126. The second-order valence-corrected chi connectivity index (χ2v) is 6.01. The van der Waals surface area contributed by atoms with Gasteiger partial charge in [-0.25, -0.2) is 4.79 Å². The van der Waals surface area contributed by atoms with E-state index in [1.807, 2.05) is 6.92 Å². The summed E-state index contributed by atoms with van der Waals surface area (Å²) in [7, 11) is 0. The molecule has 6 heteroatoms. The van der Waals surface area contributed by atoms with Crippen LogP contribution in [-0.4, -0.2) is 56.1 Å². The second-order valence-electron chi connectivity index (χ2n) is 6.01. The van der Waals surface area contributed by atoms with Gasteiger partial charge in [-0.05, 0) is 25.3 Å². The minimum absolute atomic E-state index is 0.0474. The van der Waals surface area contributed by atoms with Crippen LogP contribution >= 0.6 is 0 Å². The number of likely N-dealkylation sites (tertiary alicyclic amines) is 1. The average Bonchev–Trinajstić information content (AvgIpc) is 2.49. The van der Waals surface area contributed by atoms with Crippen molar-refractivity contribution in [3.63, 3.8) is 0 Å². The van der Waals surface area contributed by atoms with Crippen LogP contribution in [0, 0.1) is 11.8 Å². The normalized spacial score (nSPS) is 18.7. The van der Waals surface area contributed by atoms with Crippen molar-refractivity contribution in [1.29, 1.82) is 0 Å². The number of urea groups is 1. The van der Waals surface area contributed by atoms with Gasteiger partial charge in [-0.1, -0.05) is 20.8 Å². The lowest BCUT2D eigenvalue weighted by atomic mass is 9.97. The first-order valence-corrected chi connectivity index (χ1v) is 8.05. The molecule has 3 amide bonds. The number of amides is 3. The molecule has 1 heterocycles. The predicted molar refractivity (Wildman–Crippen MR) is 84.1 cm³/mol. The lowest BCUT2D eigenvalue weighted by Gasteiger charge is -2.32. The number of piperidine rings is 1. The van der Waals surface area contributed by atoms with Crippen molar-refractivity contribution in [2.45, 2.75) is 33.6 Å². The number of likely N-dealkylation sites (N-methyl/N-ethyl adjacent to an activating group) is 1. The zero-order valence-corrected chi connectivity index (χ0v) is 13.6. The van der Waals surface area contributed by atoms with E-state index in [2.05, 4.69) is 29.8 Å². The highest BCUT2D eigenvalue weighted by Gasteiger charge is 2.28. The highest BCUT2D eigenvalue weighted by Crippen LogP contribution is 2.16. The Hall–Kier alpha value is -1.30. The smallest absolute Gasteiger partial charge is 0.317 e. The number of nitrogens with zero attached hydrogens (tertiary/aromatic N) is 1. The zero-order valence-electron chi connectivity index (χ0n) is 13.6. The quantitative estimate of drug-likeness (QED) is 0.608. The van der Waals surface area contributed by atoms with Crippen molar-refractivity contribution in [3.05, 3.63) is 0 Å². The van der Waals surface area contributed by atoms with Crippen LogP contribution in [0.2, 0.25) is 0 Å². The third-order valence-electron chi connectivity index (χ3n) is 3.59.